The Labute approximate surface area is 189 Å². The molecule has 2 aromatic rings. The van der Waals surface area contributed by atoms with Gasteiger partial charge in [0.25, 0.3) is 11.8 Å². The summed E-state index contributed by atoms with van der Waals surface area (Å²) < 4.78 is 22.9. The average molecular weight is 447 g/mol. The van der Waals surface area contributed by atoms with Crippen molar-refractivity contribution < 1.29 is 28.5 Å². The van der Waals surface area contributed by atoms with Crippen molar-refractivity contribution in [2.24, 2.45) is 5.73 Å². The van der Waals surface area contributed by atoms with E-state index < -0.39 is 23.3 Å². The summed E-state index contributed by atoms with van der Waals surface area (Å²) in [5.74, 6) is 1.09. The molecule has 0 fully saturated rings. The van der Waals surface area contributed by atoms with Crippen LogP contribution in [0.5, 0.6) is 23.0 Å². The van der Waals surface area contributed by atoms with E-state index in [4.69, 9.17) is 24.7 Å². The van der Waals surface area contributed by atoms with Crippen molar-refractivity contribution in [3.8, 4) is 23.0 Å². The van der Waals surface area contributed by atoms with Crippen LogP contribution in [0.1, 0.15) is 28.2 Å². The zero-order valence-electron chi connectivity index (χ0n) is 17.9. The third-order valence-electron chi connectivity index (χ3n) is 7.65. The highest BCUT2D eigenvalue weighted by Crippen LogP contribution is 2.61. The van der Waals surface area contributed by atoms with Gasteiger partial charge in [-0.15, -0.1) is 0 Å². The largest absolute Gasteiger partial charge is 0.454 e. The summed E-state index contributed by atoms with van der Waals surface area (Å²) in [5, 5.41) is 2.38. The molecule has 4 aliphatic heterocycles. The number of imide groups is 1. The topological polar surface area (TPSA) is 112 Å². The summed E-state index contributed by atoms with van der Waals surface area (Å²) >= 11 is 0. The van der Waals surface area contributed by atoms with Crippen molar-refractivity contribution in [3.63, 3.8) is 0 Å². The number of hydrogen-bond donors (Lipinski definition) is 2. The van der Waals surface area contributed by atoms with Crippen LogP contribution in [0.2, 0.25) is 0 Å². The average Bonchev–Trinajstić information content (AvgIpc) is 3.56. The number of ether oxygens (including phenoxy) is 4. The number of carbonyl (C=O) groups is 2. The van der Waals surface area contributed by atoms with Crippen LogP contribution in [-0.4, -0.2) is 43.9 Å². The fraction of sp³-hybridized carbons (Fsp3) is 0.333. The van der Waals surface area contributed by atoms with Crippen LogP contribution in [-0.2, 0) is 28.0 Å². The van der Waals surface area contributed by atoms with E-state index in [0.29, 0.717) is 23.7 Å². The van der Waals surface area contributed by atoms with Gasteiger partial charge in [-0.2, -0.15) is 0 Å². The van der Waals surface area contributed by atoms with Crippen LogP contribution in [0.3, 0.4) is 0 Å². The lowest BCUT2D eigenvalue weighted by Crippen LogP contribution is -2.52. The Hall–Kier alpha value is -3.72. The van der Waals surface area contributed by atoms with Crippen molar-refractivity contribution in [2.45, 2.75) is 24.3 Å². The van der Waals surface area contributed by atoms with Crippen molar-refractivity contribution in [1.29, 1.82) is 0 Å². The van der Waals surface area contributed by atoms with E-state index in [1.165, 1.54) is 0 Å². The molecule has 3 N–H and O–H groups in total. The number of nitrogens with zero attached hydrogens (tertiary/aromatic N) is 1. The summed E-state index contributed by atoms with van der Waals surface area (Å²) in [6.45, 7) is 1.05. The third-order valence-corrected chi connectivity index (χ3v) is 7.65. The predicted molar refractivity (Wildman–Crippen MR) is 114 cm³/mol. The van der Waals surface area contributed by atoms with Gasteiger partial charge in [-0.1, -0.05) is 6.07 Å². The van der Waals surface area contributed by atoms with Gasteiger partial charge in [-0.05, 0) is 54.8 Å². The fourth-order valence-electron chi connectivity index (χ4n) is 6.18. The Morgan fingerprint density at radius 3 is 2.55 bits per heavy atom. The fourth-order valence-corrected chi connectivity index (χ4v) is 6.18. The minimum atomic E-state index is -0.667. The first-order chi connectivity index (χ1) is 16.0. The number of carbonyl (C=O) groups excluding carboxylic acids is 2. The van der Waals surface area contributed by atoms with Gasteiger partial charge >= 0.3 is 0 Å². The first-order valence-corrected chi connectivity index (χ1v) is 10.9. The molecule has 7 rings (SSSR count). The number of fused-ring (bicyclic) bond motifs is 6. The van der Waals surface area contributed by atoms with Crippen molar-refractivity contribution in [3.05, 3.63) is 57.8 Å². The Morgan fingerprint density at radius 2 is 1.76 bits per heavy atom. The second kappa shape index (κ2) is 6.20. The molecule has 0 saturated heterocycles. The molecule has 0 radical (unpaired) electrons. The first-order valence-electron chi connectivity index (χ1n) is 10.9. The third kappa shape index (κ3) is 2.24. The van der Waals surface area contributed by atoms with Gasteiger partial charge in [0, 0.05) is 18.0 Å². The second-order valence-corrected chi connectivity index (χ2v) is 9.05. The molecule has 33 heavy (non-hydrogen) atoms. The highest BCUT2D eigenvalue weighted by molar-refractivity contribution is 6.20. The van der Waals surface area contributed by atoms with E-state index in [2.05, 4.69) is 17.3 Å². The molecule has 4 heterocycles. The zero-order chi connectivity index (χ0) is 22.5. The van der Waals surface area contributed by atoms with Gasteiger partial charge in [0.05, 0.1) is 11.1 Å². The summed E-state index contributed by atoms with van der Waals surface area (Å²) in [5.41, 5.74) is 9.88. The number of benzene rings is 2. The van der Waals surface area contributed by atoms with Crippen LogP contribution in [0.25, 0.3) is 0 Å². The van der Waals surface area contributed by atoms with E-state index in [0.717, 1.165) is 41.0 Å². The lowest BCUT2D eigenvalue weighted by molar-refractivity contribution is -0.124. The highest BCUT2D eigenvalue weighted by Gasteiger charge is 2.58. The maximum atomic E-state index is 13.1. The number of nitrogens with one attached hydrogen (secondary N) is 1. The highest BCUT2D eigenvalue weighted by atomic mass is 16.7. The lowest BCUT2D eigenvalue weighted by atomic mass is 9.69. The molecular weight excluding hydrogens is 426 g/mol. The molecule has 1 aliphatic carbocycles. The molecule has 2 atom stereocenters. The predicted octanol–water partition coefficient (Wildman–Crippen LogP) is 1.04. The van der Waals surface area contributed by atoms with E-state index in [1.54, 1.807) is 0 Å². The molecule has 2 aromatic carbocycles. The van der Waals surface area contributed by atoms with E-state index in [-0.39, 0.29) is 24.9 Å². The van der Waals surface area contributed by atoms with Crippen molar-refractivity contribution >= 4 is 11.8 Å². The van der Waals surface area contributed by atoms with Crippen LogP contribution >= 0.6 is 0 Å². The maximum Gasteiger partial charge on any atom is 0.274 e. The summed E-state index contributed by atoms with van der Waals surface area (Å²) in [6, 6.07) is 7.98. The quantitative estimate of drug-likeness (QED) is 0.624. The van der Waals surface area contributed by atoms with Gasteiger partial charge in [0.2, 0.25) is 13.6 Å². The molecule has 0 aromatic heterocycles. The first kappa shape index (κ1) is 18.8. The van der Waals surface area contributed by atoms with Crippen LogP contribution in [0.15, 0.2) is 35.5 Å². The maximum absolute atomic E-state index is 13.1. The van der Waals surface area contributed by atoms with E-state index in [9.17, 15) is 9.59 Å². The van der Waals surface area contributed by atoms with E-state index >= 15 is 0 Å². The monoisotopic (exact) mass is 447 g/mol. The molecule has 168 valence electrons. The Morgan fingerprint density at radius 1 is 1.00 bits per heavy atom. The standard InChI is InChI=1S/C24H21N3O6/c1-27-5-4-11-6-15-16(32-9-31-15)7-13(11)24(27)8-12-2-3-14-21(33-10-30-14)17(12)19(24)18-20(25)23(29)26-22(18)28/h2-3,6-7,19H,4-5,8-10H2,1H3,(H3,25,26,28,29)/t19-,24+/m0/s1. The Bertz CT molecular complexity index is 1320. The smallest absolute Gasteiger partial charge is 0.274 e. The van der Waals surface area contributed by atoms with Crippen molar-refractivity contribution in [2.75, 3.05) is 27.2 Å². The normalized spacial score (nSPS) is 26.8. The molecule has 5 aliphatic rings. The Balaban J connectivity index is 1.55. The van der Waals surface area contributed by atoms with Crippen LogP contribution in [0.4, 0.5) is 0 Å². The number of rotatable bonds is 1. The molecule has 0 bridgehead atoms. The molecule has 0 unspecified atom stereocenters. The molecule has 2 amide bonds. The summed E-state index contributed by atoms with van der Waals surface area (Å²) in [6.07, 6.45) is 1.44. The van der Waals surface area contributed by atoms with Crippen LogP contribution in [0, 0.1) is 0 Å². The number of hydrogen-bond acceptors (Lipinski definition) is 8. The molecule has 1 spiro atoms. The van der Waals surface area contributed by atoms with Gasteiger partial charge in [-0.25, -0.2) is 0 Å². The zero-order valence-corrected chi connectivity index (χ0v) is 17.9. The van der Waals surface area contributed by atoms with Gasteiger partial charge in [0.15, 0.2) is 23.0 Å². The van der Waals surface area contributed by atoms with Crippen LogP contribution < -0.4 is 30.0 Å². The lowest BCUT2D eigenvalue weighted by Gasteiger charge is -2.48. The summed E-state index contributed by atoms with van der Waals surface area (Å²) in [4.78, 5) is 27.8. The number of amides is 2. The molecular formula is C24H21N3O6. The SMILES string of the molecule is CN1CCc2cc3c(cc2[C@@]12Cc1ccc4c(c1[C@H]2C1=C(N)C(=O)NC1=O)OCO4)OCO3. The second-order valence-electron chi connectivity index (χ2n) is 9.05. The van der Waals surface area contributed by atoms with Gasteiger partial charge < -0.3 is 24.7 Å². The minimum Gasteiger partial charge on any atom is -0.454 e. The van der Waals surface area contributed by atoms with Crippen molar-refractivity contribution in [1.82, 2.24) is 10.2 Å². The number of likely N-dealkylation sites (N-methyl/N-ethyl adjacent to an activating group) is 1. The minimum absolute atomic E-state index is 0.0463. The van der Waals surface area contributed by atoms with Gasteiger partial charge in [-0.3, -0.25) is 19.8 Å². The van der Waals surface area contributed by atoms with Gasteiger partial charge in [0.1, 0.15) is 5.70 Å². The number of nitrogens with two attached hydrogens (primary N) is 1. The molecule has 9 nitrogen and oxygen atoms in total. The van der Waals surface area contributed by atoms with E-state index in [1.807, 2.05) is 24.3 Å². The molecule has 0 saturated carbocycles. The summed E-state index contributed by atoms with van der Waals surface area (Å²) in [7, 11) is 2.05. The molecule has 9 heteroatoms. The Kier molecular flexibility index (Phi) is 3.53.